The molecule has 0 bridgehead atoms. The van der Waals surface area contributed by atoms with E-state index in [9.17, 15) is 0 Å². The molecule has 0 aromatic heterocycles. The number of hydrogen-bond acceptors (Lipinski definition) is 2. The van der Waals surface area contributed by atoms with E-state index in [0.717, 1.165) is 30.9 Å². The van der Waals surface area contributed by atoms with Crippen molar-refractivity contribution in [2.75, 3.05) is 20.3 Å². The van der Waals surface area contributed by atoms with Crippen LogP contribution in [0.4, 0.5) is 0 Å². The Bertz CT molecular complexity index is 211. The highest BCUT2D eigenvalue weighted by Gasteiger charge is 2.29. The molecule has 2 unspecified atom stereocenters. The van der Waals surface area contributed by atoms with E-state index in [4.69, 9.17) is 4.74 Å². The van der Waals surface area contributed by atoms with Crippen LogP contribution in [-0.2, 0) is 4.74 Å². The highest BCUT2D eigenvalue weighted by molar-refractivity contribution is 4.85. The lowest BCUT2D eigenvalue weighted by Crippen LogP contribution is -2.43. The fraction of sp³-hybridized carbons (Fsp3) is 1.00. The van der Waals surface area contributed by atoms with Crippen LogP contribution in [0.5, 0.6) is 0 Å². The first-order valence-electron chi connectivity index (χ1n) is 8.45. The van der Waals surface area contributed by atoms with Crippen LogP contribution in [0.1, 0.15) is 65.7 Å². The Morgan fingerprint density at radius 3 is 2.37 bits per heavy atom. The third-order valence-electron chi connectivity index (χ3n) is 4.93. The SMILES string of the molecule is CCCC1CCC(C(NCC)C(C)CCOC)CC1. The lowest BCUT2D eigenvalue weighted by atomic mass is 9.74. The minimum atomic E-state index is 0.697. The molecule has 0 radical (unpaired) electrons. The van der Waals surface area contributed by atoms with Gasteiger partial charge in [-0.25, -0.2) is 0 Å². The number of methoxy groups -OCH3 is 1. The van der Waals surface area contributed by atoms with E-state index in [-0.39, 0.29) is 0 Å². The van der Waals surface area contributed by atoms with Crippen molar-refractivity contribution in [2.24, 2.45) is 17.8 Å². The molecule has 0 aliphatic heterocycles. The van der Waals surface area contributed by atoms with Crippen LogP contribution in [0.2, 0.25) is 0 Å². The van der Waals surface area contributed by atoms with Gasteiger partial charge in [0, 0.05) is 19.8 Å². The maximum absolute atomic E-state index is 5.25. The van der Waals surface area contributed by atoms with Gasteiger partial charge in [-0.1, -0.05) is 46.5 Å². The monoisotopic (exact) mass is 269 g/mol. The predicted molar refractivity (Wildman–Crippen MR) is 83.5 cm³/mol. The summed E-state index contributed by atoms with van der Waals surface area (Å²) in [6.07, 6.45) is 9.76. The highest BCUT2D eigenvalue weighted by atomic mass is 16.5. The summed E-state index contributed by atoms with van der Waals surface area (Å²) in [6.45, 7) is 8.94. The molecule has 0 aromatic rings. The molecule has 1 aliphatic carbocycles. The number of rotatable bonds is 9. The number of nitrogens with one attached hydrogen (secondary N) is 1. The summed E-state index contributed by atoms with van der Waals surface area (Å²) in [5, 5.41) is 3.75. The Labute approximate surface area is 120 Å². The molecule has 2 nitrogen and oxygen atoms in total. The molecule has 0 amide bonds. The van der Waals surface area contributed by atoms with Gasteiger partial charge in [-0.15, -0.1) is 0 Å². The standard InChI is InChI=1S/C17H35NO/c1-5-7-15-8-10-16(11-9-15)17(18-6-2)14(3)12-13-19-4/h14-18H,5-13H2,1-4H3. The molecule has 1 saturated carbocycles. The Morgan fingerprint density at radius 2 is 1.84 bits per heavy atom. The molecule has 1 N–H and O–H groups in total. The third-order valence-corrected chi connectivity index (χ3v) is 4.93. The third kappa shape index (κ3) is 5.83. The van der Waals surface area contributed by atoms with Crippen molar-refractivity contribution in [3.8, 4) is 0 Å². The average Bonchev–Trinajstić information content (AvgIpc) is 2.43. The topological polar surface area (TPSA) is 21.3 Å². The van der Waals surface area contributed by atoms with E-state index in [1.165, 1.54) is 44.9 Å². The summed E-state index contributed by atoms with van der Waals surface area (Å²) in [7, 11) is 1.81. The van der Waals surface area contributed by atoms with Gasteiger partial charge in [0.15, 0.2) is 0 Å². The zero-order valence-electron chi connectivity index (χ0n) is 13.6. The molecule has 19 heavy (non-hydrogen) atoms. The molecular weight excluding hydrogens is 234 g/mol. The van der Waals surface area contributed by atoms with Crippen LogP contribution in [0, 0.1) is 17.8 Å². The highest BCUT2D eigenvalue weighted by Crippen LogP contribution is 2.35. The van der Waals surface area contributed by atoms with E-state index in [0.29, 0.717) is 6.04 Å². The molecule has 2 heteroatoms. The zero-order valence-corrected chi connectivity index (χ0v) is 13.6. The summed E-state index contributed by atoms with van der Waals surface area (Å²) in [6, 6.07) is 0.697. The van der Waals surface area contributed by atoms with E-state index in [1.54, 1.807) is 0 Å². The van der Waals surface area contributed by atoms with Crippen LogP contribution >= 0.6 is 0 Å². The van der Waals surface area contributed by atoms with Crippen molar-refractivity contribution in [3.05, 3.63) is 0 Å². The molecule has 0 saturated heterocycles. The molecular formula is C17H35NO. The van der Waals surface area contributed by atoms with Crippen molar-refractivity contribution in [3.63, 3.8) is 0 Å². The summed E-state index contributed by atoms with van der Waals surface area (Å²) >= 11 is 0. The first-order chi connectivity index (χ1) is 9.22. The maximum atomic E-state index is 5.25. The molecule has 1 fully saturated rings. The lowest BCUT2D eigenvalue weighted by molar-refractivity contribution is 0.138. The minimum Gasteiger partial charge on any atom is -0.385 e. The molecule has 0 aromatic carbocycles. The molecule has 0 spiro atoms. The summed E-state index contributed by atoms with van der Waals surface area (Å²) in [4.78, 5) is 0. The summed E-state index contributed by atoms with van der Waals surface area (Å²) in [5.74, 6) is 2.63. The van der Waals surface area contributed by atoms with Crippen LogP contribution in [-0.4, -0.2) is 26.3 Å². The summed E-state index contributed by atoms with van der Waals surface area (Å²) < 4.78 is 5.25. The van der Waals surface area contributed by atoms with Gasteiger partial charge in [-0.05, 0) is 43.6 Å². The largest absolute Gasteiger partial charge is 0.385 e. The molecule has 1 aliphatic rings. The van der Waals surface area contributed by atoms with Gasteiger partial charge >= 0.3 is 0 Å². The molecule has 1 rings (SSSR count). The van der Waals surface area contributed by atoms with Crippen molar-refractivity contribution >= 4 is 0 Å². The van der Waals surface area contributed by atoms with Gasteiger partial charge in [-0.3, -0.25) is 0 Å². The van der Waals surface area contributed by atoms with Crippen molar-refractivity contribution in [1.82, 2.24) is 5.32 Å². The van der Waals surface area contributed by atoms with Gasteiger partial charge in [0.2, 0.25) is 0 Å². The Kier molecular flexibility index (Phi) is 8.72. The number of ether oxygens (including phenoxy) is 1. The van der Waals surface area contributed by atoms with Crippen molar-refractivity contribution < 1.29 is 4.74 Å². The van der Waals surface area contributed by atoms with Crippen LogP contribution in [0.3, 0.4) is 0 Å². The normalized spacial score (nSPS) is 27.2. The smallest absolute Gasteiger partial charge is 0.0465 e. The quantitative estimate of drug-likeness (QED) is 0.676. The first-order valence-corrected chi connectivity index (χ1v) is 8.45. The Balaban J connectivity index is 2.43. The average molecular weight is 269 g/mol. The Morgan fingerprint density at radius 1 is 1.16 bits per heavy atom. The zero-order chi connectivity index (χ0) is 14.1. The maximum Gasteiger partial charge on any atom is 0.0465 e. The molecule has 114 valence electrons. The fourth-order valence-electron chi connectivity index (χ4n) is 3.80. The van der Waals surface area contributed by atoms with E-state index in [1.807, 2.05) is 7.11 Å². The fourth-order valence-corrected chi connectivity index (χ4v) is 3.80. The van der Waals surface area contributed by atoms with Crippen molar-refractivity contribution in [1.29, 1.82) is 0 Å². The molecule has 2 atom stereocenters. The van der Waals surface area contributed by atoms with Gasteiger partial charge in [0.25, 0.3) is 0 Å². The second kappa shape index (κ2) is 9.77. The van der Waals surface area contributed by atoms with Gasteiger partial charge < -0.3 is 10.1 Å². The van der Waals surface area contributed by atoms with Crippen LogP contribution in [0.25, 0.3) is 0 Å². The lowest BCUT2D eigenvalue weighted by Gasteiger charge is -2.37. The van der Waals surface area contributed by atoms with Gasteiger partial charge in [-0.2, -0.15) is 0 Å². The molecule has 0 heterocycles. The number of hydrogen-bond donors (Lipinski definition) is 1. The van der Waals surface area contributed by atoms with Crippen LogP contribution in [0.15, 0.2) is 0 Å². The predicted octanol–water partition coefficient (Wildman–Crippen LogP) is 4.24. The second-order valence-electron chi connectivity index (χ2n) is 6.41. The first kappa shape index (κ1) is 17.0. The van der Waals surface area contributed by atoms with Crippen LogP contribution < -0.4 is 5.32 Å². The van der Waals surface area contributed by atoms with Gasteiger partial charge in [0.1, 0.15) is 0 Å². The van der Waals surface area contributed by atoms with Gasteiger partial charge in [0.05, 0.1) is 0 Å². The second-order valence-corrected chi connectivity index (χ2v) is 6.41. The van der Waals surface area contributed by atoms with E-state index < -0.39 is 0 Å². The van der Waals surface area contributed by atoms with Crippen molar-refractivity contribution in [2.45, 2.75) is 71.8 Å². The summed E-state index contributed by atoms with van der Waals surface area (Å²) in [5.41, 5.74) is 0. The minimum absolute atomic E-state index is 0.697. The Hall–Kier alpha value is -0.0800. The van der Waals surface area contributed by atoms with E-state index >= 15 is 0 Å². The van der Waals surface area contributed by atoms with E-state index in [2.05, 4.69) is 26.1 Å².